The molecular weight excluding hydrogens is 442 g/mol. The van der Waals surface area contributed by atoms with Crippen molar-refractivity contribution in [2.45, 2.75) is 12.8 Å². The van der Waals surface area contributed by atoms with Crippen LogP contribution in [0, 0.1) is 0 Å². The van der Waals surface area contributed by atoms with E-state index in [1.165, 1.54) is 12.8 Å². The highest BCUT2D eigenvalue weighted by Crippen LogP contribution is 2.37. The number of aromatic nitrogens is 1. The Morgan fingerprint density at radius 1 is 0.943 bits per heavy atom. The van der Waals surface area contributed by atoms with Crippen molar-refractivity contribution in [3.63, 3.8) is 0 Å². The smallest absolute Gasteiger partial charge is 0.251 e. The summed E-state index contributed by atoms with van der Waals surface area (Å²) in [4.78, 5) is 19.7. The first kappa shape index (κ1) is 22.9. The molecule has 0 radical (unpaired) electrons. The van der Waals surface area contributed by atoms with Crippen LogP contribution < -0.4 is 19.5 Å². The van der Waals surface area contributed by atoms with Gasteiger partial charge in [-0.2, -0.15) is 0 Å². The lowest BCUT2D eigenvalue weighted by Crippen LogP contribution is -2.33. The molecule has 0 bridgehead atoms. The van der Waals surface area contributed by atoms with Crippen molar-refractivity contribution < 1.29 is 19.0 Å². The van der Waals surface area contributed by atoms with Crippen LogP contribution >= 0.6 is 0 Å². The van der Waals surface area contributed by atoms with Gasteiger partial charge in [0.25, 0.3) is 5.91 Å². The minimum Gasteiger partial charge on any atom is -0.493 e. The highest BCUT2D eigenvalue weighted by molar-refractivity contribution is 6.07. The number of nitrogens with zero attached hydrogens (tertiary/aromatic N) is 2. The molecule has 35 heavy (non-hydrogen) atoms. The number of ether oxygens (including phenoxy) is 3. The molecule has 2 heterocycles. The van der Waals surface area contributed by atoms with Crippen molar-refractivity contribution in [1.82, 2.24) is 15.2 Å². The molecule has 0 aliphatic carbocycles. The lowest BCUT2D eigenvalue weighted by molar-refractivity contribution is 0.0951. The van der Waals surface area contributed by atoms with Gasteiger partial charge in [0.2, 0.25) is 0 Å². The third-order valence-electron chi connectivity index (χ3n) is 6.44. The summed E-state index contributed by atoms with van der Waals surface area (Å²) < 4.78 is 17.1. The third kappa shape index (κ3) is 4.86. The lowest BCUT2D eigenvalue weighted by Gasteiger charge is -2.15. The van der Waals surface area contributed by atoms with Gasteiger partial charge in [-0.1, -0.05) is 12.1 Å². The largest absolute Gasteiger partial charge is 0.493 e. The van der Waals surface area contributed by atoms with Gasteiger partial charge in [0.1, 0.15) is 11.5 Å². The van der Waals surface area contributed by atoms with Crippen LogP contribution in [0.2, 0.25) is 0 Å². The van der Waals surface area contributed by atoms with Crippen LogP contribution in [0.25, 0.3) is 21.7 Å². The molecule has 0 spiro atoms. The van der Waals surface area contributed by atoms with Crippen LogP contribution in [-0.4, -0.2) is 56.2 Å². The van der Waals surface area contributed by atoms with Gasteiger partial charge in [0.05, 0.1) is 19.7 Å². The van der Waals surface area contributed by atoms with Crippen LogP contribution in [0.15, 0.2) is 60.8 Å². The number of fused-ring (bicyclic) bond motifs is 2. The van der Waals surface area contributed by atoms with Gasteiger partial charge in [0, 0.05) is 36.3 Å². The molecule has 7 nitrogen and oxygen atoms in total. The minimum atomic E-state index is -0.0513. The van der Waals surface area contributed by atoms with Gasteiger partial charge in [-0.05, 0) is 73.1 Å². The molecule has 0 atom stereocenters. The van der Waals surface area contributed by atoms with Crippen molar-refractivity contribution in [2.24, 2.45) is 0 Å². The van der Waals surface area contributed by atoms with Gasteiger partial charge in [0.15, 0.2) is 11.5 Å². The van der Waals surface area contributed by atoms with Crippen LogP contribution in [0.1, 0.15) is 23.2 Å². The number of nitrogens with one attached hydrogen (secondary N) is 1. The van der Waals surface area contributed by atoms with E-state index >= 15 is 0 Å². The lowest BCUT2D eigenvalue weighted by atomic mass is 10.0. The average Bonchev–Trinajstić information content (AvgIpc) is 3.41. The fourth-order valence-electron chi connectivity index (χ4n) is 4.62. The maximum Gasteiger partial charge on any atom is 0.251 e. The fraction of sp³-hybridized carbons (Fsp3) is 0.286. The highest BCUT2D eigenvalue weighted by atomic mass is 16.5. The van der Waals surface area contributed by atoms with E-state index in [4.69, 9.17) is 14.2 Å². The Kier molecular flexibility index (Phi) is 6.68. The first-order valence-corrected chi connectivity index (χ1v) is 11.9. The molecule has 7 heteroatoms. The number of carbonyl (C=O) groups excluding carboxylic acids is 1. The predicted octanol–water partition coefficient (Wildman–Crippen LogP) is 5.02. The maximum absolute atomic E-state index is 12.9. The third-order valence-corrected chi connectivity index (χ3v) is 6.44. The summed E-state index contributed by atoms with van der Waals surface area (Å²) in [7, 11) is 3.20. The Morgan fingerprint density at radius 2 is 1.74 bits per heavy atom. The van der Waals surface area contributed by atoms with Crippen molar-refractivity contribution in [2.75, 3.05) is 40.4 Å². The van der Waals surface area contributed by atoms with Crippen LogP contribution in [0.4, 0.5) is 0 Å². The molecule has 1 fully saturated rings. The summed E-state index contributed by atoms with van der Waals surface area (Å²) >= 11 is 0. The summed E-state index contributed by atoms with van der Waals surface area (Å²) in [6, 6.07) is 17.0. The second-order valence-corrected chi connectivity index (χ2v) is 8.63. The Morgan fingerprint density at radius 3 is 2.54 bits per heavy atom. The predicted molar refractivity (Wildman–Crippen MR) is 137 cm³/mol. The number of likely N-dealkylation sites (tertiary alicyclic amines) is 1. The van der Waals surface area contributed by atoms with Gasteiger partial charge in [-0.25, -0.2) is 0 Å². The standard InChI is InChI=1S/C28H29N3O4/c1-33-26-17-23-24(18-27(26)34-2)29-11-10-25(23)35-20-8-9-21-19(16-20)6-5-7-22(21)28(32)30-12-15-31-13-3-4-14-31/h5-11,16-18H,3-4,12-15H2,1-2H3,(H,30,32). The van der Waals surface area contributed by atoms with E-state index in [-0.39, 0.29) is 5.91 Å². The zero-order chi connectivity index (χ0) is 24.2. The molecule has 1 amide bonds. The number of rotatable bonds is 8. The number of hydrogen-bond donors (Lipinski definition) is 1. The Bertz CT molecular complexity index is 1370. The molecule has 1 aliphatic rings. The molecule has 1 aliphatic heterocycles. The number of hydrogen-bond acceptors (Lipinski definition) is 6. The quantitative estimate of drug-likeness (QED) is 0.389. The van der Waals surface area contributed by atoms with E-state index in [9.17, 15) is 4.79 Å². The number of pyridine rings is 1. The Hall–Kier alpha value is -3.84. The molecule has 1 N–H and O–H groups in total. The number of carbonyl (C=O) groups is 1. The Labute approximate surface area is 204 Å². The number of amides is 1. The normalized spacial score (nSPS) is 13.8. The summed E-state index contributed by atoms with van der Waals surface area (Å²) in [5.41, 5.74) is 1.41. The van der Waals surface area contributed by atoms with E-state index in [1.807, 2.05) is 54.6 Å². The first-order chi connectivity index (χ1) is 17.2. The molecule has 180 valence electrons. The molecule has 0 unspecified atom stereocenters. The molecule has 4 aromatic rings. The van der Waals surface area contributed by atoms with E-state index in [0.29, 0.717) is 35.1 Å². The van der Waals surface area contributed by atoms with Crippen LogP contribution in [-0.2, 0) is 0 Å². The maximum atomic E-state index is 12.9. The highest BCUT2D eigenvalue weighted by Gasteiger charge is 2.15. The summed E-state index contributed by atoms with van der Waals surface area (Å²) in [6.45, 7) is 3.80. The first-order valence-electron chi connectivity index (χ1n) is 11.9. The Balaban J connectivity index is 1.37. The summed E-state index contributed by atoms with van der Waals surface area (Å²) in [5, 5.41) is 5.72. The number of methoxy groups -OCH3 is 2. The van der Waals surface area contributed by atoms with Crippen molar-refractivity contribution in [1.29, 1.82) is 0 Å². The van der Waals surface area contributed by atoms with Crippen molar-refractivity contribution in [3.05, 3.63) is 66.4 Å². The second kappa shape index (κ2) is 10.2. The monoisotopic (exact) mass is 471 g/mol. The molecular formula is C28H29N3O4. The van der Waals surface area contributed by atoms with Crippen LogP contribution in [0.3, 0.4) is 0 Å². The minimum absolute atomic E-state index is 0.0513. The molecule has 1 saturated heterocycles. The average molecular weight is 472 g/mol. The summed E-state index contributed by atoms with van der Waals surface area (Å²) in [5.74, 6) is 2.50. The SMILES string of the molecule is COc1cc2nccc(Oc3ccc4c(C(=O)NCCN5CCCC5)cccc4c3)c2cc1OC. The van der Waals surface area contributed by atoms with E-state index < -0.39 is 0 Å². The zero-order valence-electron chi connectivity index (χ0n) is 20.0. The van der Waals surface area contributed by atoms with E-state index in [1.54, 1.807) is 20.4 Å². The molecule has 3 aromatic carbocycles. The molecule has 0 saturated carbocycles. The van der Waals surface area contributed by atoms with Gasteiger partial charge >= 0.3 is 0 Å². The summed E-state index contributed by atoms with van der Waals surface area (Å²) in [6.07, 6.45) is 4.20. The van der Waals surface area contributed by atoms with Gasteiger partial charge in [-0.15, -0.1) is 0 Å². The van der Waals surface area contributed by atoms with Crippen molar-refractivity contribution >= 4 is 27.6 Å². The second-order valence-electron chi connectivity index (χ2n) is 8.63. The van der Waals surface area contributed by atoms with Gasteiger partial charge < -0.3 is 24.4 Å². The van der Waals surface area contributed by atoms with Crippen LogP contribution in [0.5, 0.6) is 23.0 Å². The molecule has 1 aromatic heterocycles. The van der Waals surface area contributed by atoms with E-state index in [2.05, 4.69) is 15.2 Å². The number of benzene rings is 3. The van der Waals surface area contributed by atoms with Gasteiger partial charge in [-0.3, -0.25) is 9.78 Å². The topological polar surface area (TPSA) is 72.9 Å². The van der Waals surface area contributed by atoms with Crippen molar-refractivity contribution in [3.8, 4) is 23.0 Å². The fourth-order valence-corrected chi connectivity index (χ4v) is 4.62. The van der Waals surface area contributed by atoms with E-state index in [0.717, 1.165) is 41.3 Å². The zero-order valence-corrected chi connectivity index (χ0v) is 20.0. The molecule has 5 rings (SSSR count).